The Hall–Kier alpha value is -1.66. The third-order valence-electron chi connectivity index (χ3n) is 3.93. The zero-order valence-electron chi connectivity index (χ0n) is 12.5. The van der Waals surface area contributed by atoms with Crippen LogP contribution in [0, 0.1) is 5.92 Å². The highest BCUT2D eigenvalue weighted by Crippen LogP contribution is 2.31. The van der Waals surface area contributed by atoms with Gasteiger partial charge in [0, 0.05) is 18.3 Å². The number of fused-ring (bicyclic) bond motifs is 1. The zero-order chi connectivity index (χ0) is 14.8. The van der Waals surface area contributed by atoms with Crippen LogP contribution in [0.2, 0.25) is 0 Å². The van der Waals surface area contributed by atoms with Crippen LogP contribution in [-0.2, 0) is 4.79 Å². The minimum absolute atomic E-state index is 0.0892. The number of hydrogen-bond acceptors (Lipinski definition) is 5. The normalized spacial score (nSPS) is 24.8. The first kappa shape index (κ1) is 14.3. The first-order valence-electron chi connectivity index (χ1n) is 7.54. The molecule has 0 radical (unpaired) electrons. The molecule has 0 spiro atoms. The van der Waals surface area contributed by atoms with Gasteiger partial charge in [-0.2, -0.15) is 0 Å². The lowest BCUT2D eigenvalue weighted by Gasteiger charge is -2.30. The molecule has 6 heteroatoms. The molecule has 2 aliphatic heterocycles. The predicted octanol–water partition coefficient (Wildman–Crippen LogP) is 1.09. The van der Waals surface area contributed by atoms with Crippen LogP contribution in [0.3, 0.4) is 0 Å². The summed E-state index contributed by atoms with van der Waals surface area (Å²) in [7, 11) is 0. The summed E-state index contributed by atoms with van der Waals surface area (Å²) in [5, 5.41) is 0. The van der Waals surface area contributed by atoms with E-state index in [1.54, 1.807) is 23.4 Å². The number of rotatable bonds is 3. The highest BCUT2D eigenvalue weighted by molar-refractivity contribution is 5.98. The number of amides is 1. The number of nitrogens with one attached hydrogen (secondary N) is 2. The van der Waals surface area contributed by atoms with Crippen molar-refractivity contribution >= 4 is 11.6 Å². The molecule has 0 bridgehead atoms. The Morgan fingerprint density at radius 3 is 3.19 bits per heavy atom. The van der Waals surface area contributed by atoms with Crippen molar-refractivity contribution in [1.29, 1.82) is 0 Å². The van der Waals surface area contributed by atoms with Gasteiger partial charge in [0.15, 0.2) is 0 Å². The van der Waals surface area contributed by atoms with Crippen molar-refractivity contribution in [2.45, 2.75) is 38.8 Å². The van der Waals surface area contributed by atoms with Crippen LogP contribution in [0.4, 0.5) is 5.69 Å². The third kappa shape index (κ3) is 3.01. The standard InChI is InChI=1S/C15H22N4O2/c1-10(2)7-11-8-12(18-17-11)15(20)19-5-6-21-14-3-4-16-9-13(14)19/h3-4,9-12,17-18H,5-8H2,1-2H3. The summed E-state index contributed by atoms with van der Waals surface area (Å²) in [5.74, 6) is 1.44. The molecule has 1 aromatic heterocycles. The molecule has 21 heavy (non-hydrogen) atoms. The maximum atomic E-state index is 12.7. The molecule has 2 atom stereocenters. The summed E-state index contributed by atoms with van der Waals surface area (Å²) in [6.07, 6.45) is 5.27. The number of aromatic nitrogens is 1. The van der Waals surface area contributed by atoms with Gasteiger partial charge in [-0.3, -0.25) is 15.2 Å². The Kier molecular flexibility index (Phi) is 4.07. The molecular weight excluding hydrogens is 268 g/mol. The largest absolute Gasteiger partial charge is 0.489 e. The van der Waals surface area contributed by atoms with E-state index >= 15 is 0 Å². The molecule has 6 nitrogen and oxygen atoms in total. The van der Waals surface area contributed by atoms with E-state index in [2.05, 4.69) is 29.7 Å². The van der Waals surface area contributed by atoms with E-state index in [9.17, 15) is 4.79 Å². The number of ether oxygens (including phenoxy) is 1. The van der Waals surface area contributed by atoms with Gasteiger partial charge in [-0.1, -0.05) is 13.8 Å². The lowest BCUT2D eigenvalue weighted by Crippen LogP contribution is -2.48. The molecule has 0 aliphatic carbocycles. The second kappa shape index (κ2) is 5.99. The lowest BCUT2D eigenvalue weighted by atomic mass is 9.99. The number of nitrogens with zero attached hydrogens (tertiary/aromatic N) is 2. The van der Waals surface area contributed by atoms with Crippen LogP contribution >= 0.6 is 0 Å². The van der Waals surface area contributed by atoms with E-state index in [0.29, 0.717) is 25.1 Å². The fraction of sp³-hybridized carbons (Fsp3) is 0.600. The molecule has 1 amide bonds. The summed E-state index contributed by atoms with van der Waals surface area (Å²) in [4.78, 5) is 18.6. The van der Waals surface area contributed by atoms with Crippen LogP contribution < -0.4 is 20.5 Å². The van der Waals surface area contributed by atoms with Crippen molar-refractivity contribution in [3.8, 4) is 5.75 Å². The topological polar surface area (TPSA) is 66.5 Å². The van der Waals surface area contributed by atoms with Gasteiger partial charge in [-0.05, 0) is 18.8 Å². The minimum Gasteiger partial charge on any atom is -0.489 e. The second-order valence-electron chi connectivity index (χ2n) is 6.09. The molecule has 2 N–H and O–H groups in total. The van der Waals surface area contributed by atoms with Crippen molar-refractivity contribution in [3.63, 3.8) is 0 Å². The Balaban J connectivity index is 1.70. The average Bonchev–Trinajstić information content (AvgIpc) is 2.93. The number of hydrogen-bond donors (Lipinski definition) is 2. The number of pyridine rings is 1. The zero-order valence-corrected chi connectivity index (χ0v) is 12.5. The first-order chi connectivity index (χ1) is 10.1. The Labute approximate surface area is 124 Å². The third-order valence-corrected chi connectivity index (χ3v) is 3.93. The smallest absolute Gasteiger partial charge is 0.245 e. The van der Waals surface area contributed by atoms with Crippen molar-refractivity contribution in [3.05, 3.63) is 18.5 Å². The van der Waals surface area contributed by atoms with Gasteiger partial charge in [-0.15, -0.1) is 0 Å². The van der Waals surface area contributed by atoms with E-state index in [0.717, 1.165) is 24.3 Å². The Morgan fingerprint density at radius 1 is 1.52 bits per heavy atom. The van der Waals surface area contributed by atoms with Gasteiger partial charge in [-0.25, -0.2) is 5.43 Å². The van der Waals surface area contributed by atoms with Crippen LogP contribution in [0.15, 0.2) is 18.5 Å². The maximum absolute atomic E-state index is 12.7. The highest BCUT2D eigenvalue weighted by atomic mass is 16.5. The van der Waals surface area contributed by atoms with Crippen LogP contribution in [0.25, 0.3) is 0 Å². The van der Waals surface area contributed by atoms with Gasteiger partial charge in [0.05, 0.1) is 12.7 Å². The van der Waals surface area contributed by atoms with E-state index in [1.807, 2.05) is 0 Å². The van der Waals surface area contributed by atoms with Gasteiger partial charge < -0.3 is 9.64 Å². The molecule has 1 aromatic rings. The van der Waals surface area contributed by atoms with E-state index in [4.69, 9.17) is 4.74 Å². The number of anilines is 1. The van der Waals surface area contributed by atoms with Crippen molar-refractivity contribution in [2.75, 3.05) is 18.1 Å². The van der Waals surface area contributed by atoms with Gasteiger partial charge in [0.25, 0.3) is 0 Å². The highest BCUT2D eigenvalue weighted by Gasteiger charge is 2.34. The molecule has 3 heterocycles. The monoisotopic (exact) mass is 290 g/mol. The summed E-state index contributed by atoms with van der Waals surface area (Å²) < 4.78 is 5.57. The number of hydrazine groups is 1. The molecule has 2 unspecified atom stereocenters. The van der Waals surface area contributed by atoms with Crippen molar-refractivity contribution < 1.29 is 9.53 Å². The summed E-state index contributed by atoms with van der Waals surface area (Å²) in [5.41, 5.74) is 7.14. The molecule has 1 fully saturated rings. The molecule has 114 valence electrons. The molecule has 1 saturated heterocycles. The van der Waals surface area contributed by atoms with E-state index in [1.165, 1.54) is 0 Å². The fourth-order valence-electron chi connectivity index (χ4n) is 2.99. The molecule has 0 aromatic carbocycles. The Morgan fingerprint density at radius 2 is 2.38 bits per heavy atom. The molecule has 0 saturated carbocycles. The summed E-state index contributed by atoms with van der Waals surface area (Å²) >= 11 is 0. The lowest BCUT2D eigenvalue weighted by molar-refractivity contribution is -0.120. The Bertz CT molecular complexity index is 520. The fourth-order valence-corrected chi connectivity index (χ4v) is 2.99. The number of carbonyl (C=O) groups excluding carboxylic acids is 1. The van der Waals surface area contributed by atoms with Gasteiger partial charge in [0.1, 0.15) is 24.1 Å². The van der Waals surface area contributed by atoms with Crippen LogP contribution in [0.5, 0.6) is 5.75 Å². The van der Waals surface area contributed by atoms with Crippen molar-refractivity contribution in [1.82, 2.24) is 15.8 Å². The van der Waals surface area contributed by atoms with E-state index in [-0.39, 0.29) is 11.9 Å². The average molecular weight is 290 g/mol. The predicted molar refractivity (Wildman–Crippen MR) is 80.0 cm³/mol. The van der Waals surface area contributed by atoms with E-state index < -0.39 is 0 Å². The second-order valence-corrected chi connectivity index (χ2v) is 6.09. The number of carbonyl (C=O) groups is 1. The molecule has 2 aliphatic rings. The molecular formula is C15H22N4O2. The quantitative estimate of drug-likeness (QED) is 0.872. The van der Waals surface area contributed by atoms with Crippen molar-refractivity contribution in [2.24, 2.45) is 5.92 Å². The SMILES string of the molecule is CC(C)CC1CC(C(=O)N2CCOc3ccncc32)NN1. The minimum atomic E-state index is -0.181. The van der Waals surface area contributed by atoms with Crippen LogP contribution in [-0.4, -0.2) is 36.1 Å². The molecule has 3 rings (SSSR count). The maximum Gasteiger partial charge on any atom is 0.245 e. The van der Waals surface area contributed by atoms with Gasteiger partial charge in [0.2, 0.25) is 5.91 Å². The van der Waals surface area contributed by atoms with Gasteiger partial charge >= 0.3 is 0 Å². The first-order valence-corrected chi connectivity index (χ1v) is 7.54. The van der Waals surface area contributed by atoms with Crippen LogP contribution in [0.1, 0.15) is 26.7 Å². The summed E-state index contributed by atoms with van der Waals surface area (Å²) in [6, 6.07) is 1.98. The summed E-state index contributed by atoms with van der Waals surface area (Å²) in [6.45, 7) is 5.49.